The van der Waals surface area contributed by atoms with Crippen LogP contribution in [0.5, 0.6) is 5.75 Å². The highest BCUT2D eigenvalue weighted by Crippen LogP contribution is 2.11. The SMILES string of the molecule is [2H]C([2H])(O)C([2H])(O)C([2H])([2H])OCc1ccc(OC)cc1. The second kappa shape index (κ2) is 6.40. The molecule has 1 aromatic rings. The van der Waals surface area contributed by atoms with Gasteiger partial charge in [-0.25, -0.2) is 0 Å². The highest BCUT2D eigenvalue weighted by Gasteiger charge is 2.01. The zero-order valence-corrected chi connectivity index (χ0v) is 8.23. The molecule has 0 amide bonds. The maximum absolute atomic E-state index is 9.46. The Hall–Kier alpha value is -1.10. The van der Waals surface area contributed by atoms with E-state index < -0.39 is 19.2 Å². The molecule has 0 aliphatic heterocycles. The maximum Gasteiger partial charge on any atom is 0.118 e. The van der Waals surface area contributed by atoms with Gasteiger partial charge < -0.3 is 19.7 Å². The lowest BCUT2D eigenvalue weighted by Crippen LogP contribution is -2.19. The summed E-state index contributed by atoms with van der Waals surface area (Å²) in [5.41, 5.74) is 0.531. The molecular weight excluding hydrogens is 196 g/mol. The zero-order valence-electron chi connectivity index (χ0n) is 13.2. The molecule has 0 bridgehead atoms. The molecule has 0 radical (unpaired) electrons. The van der Waals surface area contributed by atoms with Crippen LogP contribution in [0.15, 0.2) is 24.3 Å². The zero-order chi connectivity index (χ0) is 15.6. The third-order valence-electron chi connectivity index (χ3n) is 1.67. The van der Waals surface area contributed by atoms with Crippen molar-refractivity contribution in [3.8, 4) is 5.75 Å². The molecule has 1 rings (SSSR count). The van der Waals surface area contributed by atoms with Crippen molar-refractivity contribution >= 4 is 0 Å². The molecule has 2 N–H and O–H groups in total. The first kappa shape index (κ1) is 6.48. The Morgan fingerprint density at radius 1 is 1.47 bits per heavy atom. The number of benzene rings is 1. The molecule has 4 nitrogen and oxygen atoms in total. The fourth-order valence-electron chi connectivity index (χ4n) is 0.932. The average molecular weight is 217 g/mol. The summed E-state index contributed by atoms with van der Waals surface area (Å²) < 4.78 is 45.4. The van der Waals surface area contributed by atoms with Crippen LogP contribution in [0.25, 0.3) is 0 Å². The highest BCUT2D eigenvalue weighted by molar-refractivity contribution is 5.26. The minimum absolute atomic E-state index is 0.311. The van der Waals surface area contributed by atoms with Crippen molar-refractivity contribution in [3.63, 3.8) is 0 Å². The van der Waals surface area contributed by atoms with Crippen molar-refractivity contribution < 1.29 is 26.5 Å². The van der Waals surface area contributed by atoms with E-state index in [-0.39, 0.29) is 6.61 Å². The van der Waals surface area contributed by atoms with Crippen LogP contribution >= 0.6 is 0 Å². The Bertz CT molecular complexity index is 441. The molecule has 1 atom stereocenters. The lowest BCUT2D eigenvalue weighted by Gasteiger charge is -2.08. The van der Waals surface area contributed by atoms with Gasteiger partial charge in [0.1, 0.15) is 11.8 Å². The van der Waals surface area contributed by atoms with Gasteiger partial charge in [-0.15, -0.1) is 0 Å². The Balaban J connectivity index is 2.76. The van der Waals surface area contributed by atoms with Crippen LogP contribution in [0, 0.1) is 0 Å². The van der Waals surface area contributed by atoms with Crippen LogP contribution in [0.4, 0.5) is 0 Å². The Morgan fingerprint density at radius 2 is 2.13 bits per heavy atom. The van der Waals surface area contributed by atoms with Crippen LogP contribution < -0.4 is 4.74 Å². The smallest absolute Gasteiger partial charge is 0.118 e. The van der Waals surface area contributed by atoms with Crippen molar-refractivity contribution in [1.82, 2.24) is 0 Å². The topological polar surface area (TPSA) is 58.9 Å². The molecule has 4 heteroatoms. The van der Waals surface area contributed by atoms with E-state index in [2.05, 4.69) is 0 Å². The van der Waals surface area contributed by atoms with Gasteiger partial charge in [0.05, 0.1) is 33.7 Å². The van der Waals surface area contributed by atoms with Gasteiger partial charge in [-0.2, -0.15) is 0 Å². The normalized spacial score (nSPS) is 21.4. The van der Waals surface area contributed by atoms with Gasteiger partial charge in [0.25, 0.3) is 0 Å². The van der Waals surface area contributed by atoms with E-state index in [1.807, 2.05) is 0 Å². The number of aliphatic hydroxyl groups is 2. The first-order valence-corrected chi connectivity index (χ1v) is 4.23. The average Bonchev–Trinajstić information content (AvgIpc) is 2.35. The summed E-state index contributed by atoms with van der Waals surface area (Å²) in [5.74, 6) is 0.598. The van der Waals surface area contributed by atoms with E-state index in [0.717, 1.165) is 0 Å². The molecule has 1 unspecified atom stereocenters. The van der Waals surface area contributed by atoms with Crippen LogP contribution in [0.2, 0.25) is 0 Å². The van der Waals surface area contributed by atoms with E-state index in [1.54, 1.807) is 24.3 Å². The molecule has 0 spiro atoms. The van der Waals surface area contributed by atoms with Crippen LogP contribution in [0.1, 0.15) is 12.4 Å². The molecule has 0 heterocycles. The summed E-state index contributed by atoms with van der Waals surface area (Å²) in [6.45, 7) is -6.89. The van der Waals surface area contributed by atoms with Gasteiger partial charge in [0.2, 0.25) is 0 Å². The Morgan fingerprint density at radius 3 is 2.67 bits per heavy atom. The predicted octanol–water partition coefficient (Wildman–Crippen LogP) is 0.565. The van der Waals surface area contributed by atoms with Crippen LogP contribution in [0.3, 0.4) is 0 Å². The minimum Gasteiger partial charge on any atom is -0.497 e. The number of methoxy groups -OCH3 is 1. The number of hydrogen-bond donors (Lipinski definition) is 2. The van der Waals surface area contributed by atoms with Crippen LogP contribution in [-0.2, 0) is 11.3 Å². The maximum atomic E-state index is 9.46. The standard InChI is InChI=1S/C11H16O4/c1-14-11-4-2-9(3-5-11)7-15-8-10(13)6-12/h2-5,10,12-13H,6-8H2,1H3/i6D2,8D2,10D. The quantitative estimate of drug-likeness (QED) is 0.731. The lowest BCUT2D eigenvalue weighted by atomic mass is 10.2. The molecule has 15 heavy (non-hydrogen) atoms. The first-order valence-electron chi connectivity index (χ1n) is 6.73. The minimum atomic E-state index is -3.48. The van der Waals surface area contributed by atoms with Crippen LogP contribution in [-0.4, -0.2) is 36.5 Å². The van der Waals surface area contributed by atoms with Gasteiger partial charge in [-0.1, -0.05) is 12.1 Å². The molecule has 0 saturated heterocycles. The predicted molar refractivity (Wildman–Crippen MR) is 55.7 cm³/mol. The van der Waals surface area contributed by atoms with E-state index in [0.29, 0.717) is 11.3 Å². The van der Waals surface area contributed by atoms with Crippen molar-refractivity contribution in [2.75, 3.05) is 20.2 Å². The van der Waals surface area contributed by atoms with Crippen molar-refractivity contribution in [1.29, 1.82) is 0 Å². The summed E-state index contributed by atoms with van der Waals surface area (Å²) in [7, 11) is 1.49. The second-order valence-electron chi connectivity index (χ2n) is 2.70. The summed E-state index contributed by atoms with van der Waals surface area (Å²) in [6.07, 6.45) is -3.47. The number of ether oxygens (including phenoxy) is 2. The van der Waals surface area contributed by atoms with Crippen molar-refractivity contribution in [2.45, 2.75) is 12.7 Å². The second-order valence-corrected chi connectivity index (χ2v) is 2.70. The van der Waals surface area contributed by atoms with Gasteiger partial charge in [0, 0.05) is 0 Å². The fourth-order valence-corrected chi connectivity index (χ4v) is 0.932. The first-order chi connectivity index (χ1) is 9.01. The molecule has 1 aromatic carbocycles. The molecule has 0 aliphatic rings. The molecule has 84 valence electrons. The fraction of sp³-hybridized carbons (Fsp3) is 0.455. The highest BCUT2D eigenvalue weighted by atomic mass is 16.5. The van der Waals surface area contributed by atoms with Crippen molar-refractivity contribution in [2.24, 2.45) is 0 Å². The van der Waals surface area contributed by atoms with Gasteiger partial charge >= 0.3 is 0 Å². The summed E-state index contributed by atoms with van der Waals surface area (Å²) in [6, 6.07) is 6.41. The Labute approximate surface area is 96.1 Å². The van der Waals surface area contributed by atoms with E-state index in [9.17, 15) is 5.11 Å². The third kappa shape index (κ3) is 4.29. The summed E-state index contributed by atoms with van der Waals surface area (Å²) >= 11 is 0. The van der Waals surface area contributed by atoms with E-state index in [1.165, 1.54) is 7.11 Å². The number of hydrogen-bond acceptors (Lipinski definition) is 4. The largest absolute Gasteiger partial charge is 0.497 e. The van der Waals surface area contributed by atoms with Gasteiger partial charge in [0.15, 0.2) is 0 Å². The molecular formula is C11H16O4. The van der Waals surface area contributed by atoms with Gasteiger partial charge in [-0.3, -0.25) is 0 Å². The summed E-state index contributed by atoms with van der Waals surface area (Å²) in [5, 5.41) is 18.5. The molecule has 0 aromatic heterocycles. The molecule has 0 aliphatic carbocycles. The van der Waals surface area contributed by atoms with E-state index >= 15 is 0 Å². The lowest BCUT2D eigenvalue weighted by molar-refractivity contribution is 0.0000175. The van der Waals surface area contributed by atoms with Gasteiger partial charge in [-0.05, 0) is 17.7 Å². The monoisotopic (exact) mass is 217 g/mol. The van der Waals surface area contributed by atoms with E-state index in [4.69, 9.17) is 21.4 Å². The molecule has 0 fully saturated rings. The van der Waals surface area contributed by atoms with Crippen molar-refractivity contribution in [3.05, 3.63) is 29.8 Å². The third-order valence-corrected chi connectivity index (χ3v) is 1.67. The summed E-state index contributed by atoms with van der Waals surface area (Å²) in [4.78, 5) is 0. The molecule has 0 saturated carbocycles. The Kier molecular flexibility index (Phi) is 2.76. The number of rotatable bonds is 6.